The first-order valence-electron chi connectivity index (χ1n) is 8.19. The van der Waals surface area contributed by atoms with Crippen LogP contribution in [0.5, 0.6) is 0 Å². The topological polar surface area (TPSA) is 52.6 Å². The van der Waals surface area contributed by atoms with Crippen LogP contribution in [0.4, 0.5) is 5.13 Å². The first-order chi connectivity index (χ1) is 11.5. The molecule has 0 amide bonds. The molecule has 2 N–H and O–H groups in total. The number of thiazole rings is 1. The van der Waals surface area contributed by atoms with Crippen molar-refractivity contribution in [3.05, 3.63) is 46.0 Å². The fraction of sp³-hybridized carbons (Fsp3) is 0.444. The minimum atomic E-state index is 0.668. The highest BCUT2D eigenvalue weighted by molar-refractivity contribution is 7.13. The van der Waals surface area contributed by atoms with Crippen molar-refractivity contribution in [3.63, 3.8) is 0 Å². The van der Waals surface area contributed by atoms with E-state index in [9.17, 15) is 0 Å². The van der Waals surface area contributed by atoms with Crippen LogP contribution in [0.1, 0.15) is 29.3 Å². The third-order valence-electron chi connectivity index (χ3n) is 3.61. The van der Waals surface area contributed by atoms with Gasteiger partial charge in [-0.05, 0) is 31.9 Å². The maximum absolute atomic E-state index is 4.69. The lowest BCUT2D eigenvalue weighted by Crippen LogP contribution is -2.36. The molecule has 0 radical (unpaired) electrons. The lowest BCUT2D eigenvalue weighted by molar-refractivity contribution is 0.802. The summed E-state index contributed by atoms with van der Waals surface area (Å²) >= 11 is 1.65. The number of rotatable bonds is 6. The molecule has 1 aromatic carbocycles. The summed E-state index contributed by atoms with van der Waals surface area (Å²) in [5, 5.41) is 9.74. The van der Waals surface area contributed by atoms with Gasteiger partial charge in [-0.1, -0.05) is 23.8 Å². The molecular weight excluding hydrogens is 318 g/mol. The van der Waals surface area contributed by atoms with Crippen molar-refractivity contribution in [2.24, 2.45) is 4.99 Å². The Kier molecular flexibility index (Phi) is 6.61. The molecule has 0 bridgehead atoms. The van der Waals surface area contributed by atoms with Crippen LogP contribution in [-0.2, 0) is 13.1 Å². The van der Waals surface area contributed by atoms with E-state index in [0.717, 1.165) is 23.3 Å². The average molecular weight is 346 g/mol. The zero-order valence-electron chi connectivity index (χ0n) is 15.2. The Morgan fingerprint density at radius 2 is 2.04 bits per heavy atom. The van der Waals surface area contributed by atoms with Crippen LogP contribution < -0.4 is 15.5 Å². The molecule has 130 valence electrons. The lowest BCUT2D eigenvalue weighted by atomic mass is 10.1. The van der Waals surface area contributed by atoms with Crippen molar-refractivity contribution in [1.29, 1.82) is 0 Å². The van der Waals surface area contributed by atoms with Gasteiger partial charge in [0.1, 0.15) is 0 Å². The standard InChI is InChI=1S/C18H27N5S/c1-6-19-17(20-10-15-8-7-13(2)9-14(15)3)21-11-16-12-24-18(22-16)23(4)5/h7-9,12H,6,10-11H2,1-5H3,(H2,19,20,21). The molecule has 6 heteroatoms. The van der Waals surface area contributed by atoms with Crippen LogP contribution in [0.15, 0.2) is 28.6 Å². The van der Waals surface area contributed by atoms with Gasteiger partial charge in [-0.3, -0.25) is 0 Å². The van der Waals surface area contributed by atoms with Gasteiger partial charge in [0, 0.05) is 26.0 Å². The van der Waals surface area contributed by atoms with E-state index >= 15 is 0 Å². The fourth-order valence-electron chi connectivity index (χ4n) is 2.29. The van der Waals surface area contributed by atoms with Crippen LogP contribution in [0, 0.1) is 13.8 Å². The average Bonchev–Trinajstić information content (AvgIpc) is 3.00. The maximum Gasteiger partial charge on any atom is 0.191 e. The monoisotopic (exact) mass is 345 g/mol. The normalized spacial score (nSPS) is 11.5. The van der Waals surface area contributed by atoms with Crippen molar-refractivity contribution in [2.45, 2.75) is 33.9 Å². The molecule has 2 aromatic rings. The van der Waals surface area contributed by atoms with Gasteiger partial charge in [0.05, 0.1) is 18.8 Å². The van der Waals surface area contributed by atoms with Gasteiger partial charge in [0.25, 0.3) is 0 Å². The quantitative estimate of drug-likeness (QED) is 0.624. The van der Waals surface area contributed by atoms with Crippen molar-refractivity contribution in [2.75, 3.05) is 25.5 Å². The number of nitrogens with one attached hydrogen (secondary N) is 2. The van der Waals surface area contributed by atoms with E-state index in [2.05, 4.69) is 60.0 Å². The van der Waals surface area contributed by atoms with Crippen molar-refractivity contribution in [3.8, 4) is 0 Å². The molecule has 0 atom stereocenters. The second-order valence-electron chi connectivity index (χ2n) is 5.99. The number of hydrogen-bond donors (Lipinski definition) is 2. The van der Waals surface area contributed by atoms with Crippen molar-refractivity contribution in [1.82, 2.24) is 15.6 Å². The van der Waals surface area contributed by atoms with Crippen LogP contribution in [0.3, 0.4) is 0 Å². The van der Waals surface area contributed by atoms with E-state index in [1.165, 1.54) is 16.7 Å². The Balaban J connectivity index is 1.99. The molecule has 0 aliphatic heterocycles. The number of benzene rings is 1. The van der Waals surface area contributed by atoms with Gasteiger partial charge in [-0.25, -0.2) is 9.98 Å². The minimum Gasteiger partial charge on any atom is -0.357 e. The number of nitrogens with zero attached hydrogens (tertiary/aromatic N) is 3. The van der Waals surface area contributed by atoms with E-state index in [0.29, 0.717) is 13.1 Å². The highest BCUT2D eigenvalue weighted by Gasteiger charge is 2.05. The molecule has 1 heterocycles. The fourth-order valence-corrected chi connectivity index (χ4v) is 3.04. The van der Waals surface area contributed by atoms with Crippen LogP contribution in [0.2, 0.25) is 0 Å². The lowest BCUT2D eigenvalue weighted by Gasteiger charge is -2.11. The van der Waals surface area contributed by atoms with Crippen molar-refractivity contribution >= 4 is 22.4 Å². The number of aryl methyl sites for hydroxylation is 2. The molecule has 0 spiro atoms. The molecule has 0 aliphatic carbocycles. The van der Waals surface area contributed by atoms with Gasteiger partial charge in [-0.15, -0.1) is 11.3 Å². The van der Waals surface area contributed by atoms with Gasteiger partial charge in [-0.2, -0.15) is 0 Å². The number of hydrogen-bond acceptors (Lipinski definition) is 4. The van der Waals surface area contributed by atoms with Gasteiger partial charge < -0.3 is 15.5 Å². The van der Waals surface area contributed by atoms with Crippen LogP contribution in [0.25, 0.3) is 0 Å². The van der Waals surface area contributed by atoms with E-state index in [-0.39, 0.29) is 0 Å². The molecule has 0 unspecified atom stereocenters. The highest BCUT2D eigenvalue weighted by Crippen LogP contribution is 2.17. The zero-order valence-corrected chi connectivity index (χ0v) is 16.0. The van der Waals surface area contributed by atoms with Gasteiger partial charge >= 0.3 is 0 Å². The van der Waals surface area contributed by atoms with E-state index in [4.69, 9.17) is 4.99 Å². The van der Waals surface area contributed by atoms with E-state index in [1.807, 2.05) is 19.0 Å². The highest BCUT2D eigenvalue weighted by atomic mass is 32.1. The number of aliphatic imine (C=N–C) groups is 1. The summed E-state index contributed by atoms with van der Waals surface area (Å²) in [5.74, 6) is 0.817. The number of aromatic nitrogens is 1. The van der Waals surface area contributed by atoms with E-state index < -0.39 is 0 Å². The first kappa shape index (κ1) is 18.3. The summed E-state index contributed by atoms with van der Waals surface area (Å²) < 4.78 is 0. The molecule has 0 fully saturated rings. The van der Waals surface area contributed by atoms with Crippen molar-refractivity contribution < 1.29 is 0 Å². The Morgan fingerprint density at radius 3 is 2.67 bits per heavy atom. The minimum absolute atomic E-state index is 0.668. The molecule has 0 saturated carbocycles. The molecule has 0 saturated heterocycles. The Labute approximate surface area is 148 Å². The molecule has 24 heavy (non-hydrogen) atoms. The van der Waals surface area contributed by atoms with Gasteiger partial charge in [0.2, 0.25) is 0 Å². The predicted molar refractivity (Wildman–Crippen MR) is 104 cm³/mol. The molecule has 1 aromatic heterocycles. The third-order valence-corrected chi connectivity index (χ3v) is 4.67. The summed E-state index contributed by atoms with van der Waals surface area (Å²) in [6, 6.07) is 6.49. The maximum atomic E-state index is 4.69. The SMILES string of the molecule is CCNC(=NCc1ccc(C)cc1C)NCc1csc(N(C)C)n1. The number of guanidine groups is 1. The predicted octanol–water partition coefficient (Wildman–Crippen LogP) is 3.08. The summed E-state index contributed by atoms with van der Waals surface area (Å²) in [6.07, 6.45) is 0. The summed E-state index contributed by atoms with van der Waals surface area (Å²) in [6.45, 7) is 8.49. The Morgan fingerprint density at radius 1 is 1.25 bits per heavy atom. The summed E-state index contributed by atoms with van der Waals surface area (Å²) in [4.78, 5) is 11.3. The zero-order chi connectivity index (χ0) is 17.5. The third kappa shape index (κ3) is 5.23. The smallest absolute Gasteiger partial charge is 0.191 e. The first-order valence-corrected chi connectivity index (χ1v) is 9.07. The largest absolute Gasteiger partial charge is 0.357 e. The van der Waals surface area contributed by atoms with Crippen LogP contribution in [-0.4, -0.2) is 31.6 Å². The Bertz CT molecular complexity index is 690. The molecule has 5 nitrogen and oxygen atoms in total. The Hall–Kier alpha value is -2.08. The van der Waals surface area contributed by atoms with Crippen LogP contribution >= 0.6 is 11.3 Å². The molecule has 2 rings (SSSR count). The summed E-state index contributed by atoms with van der Waals surface area (Å²) in [7, 11) is 4.01. The number of anilines is 1. The molecule has 0 aliphatic rings. The van der Waals surface area contributed by atoms with E-state index in [1.54, 1.807) is 11.3 Å². The molecular formula is C18H27N5S. The second kappa shape index (κ2) is 8.68. The van der Waals surface area contributed by atoms with Gasteiger partial charge in [0.15, 0.2) is 11.1 Å². The summed E-state index contributed by atoms with van der Waals surface area (Å²) in [5.41, 5.74) is 4.84. The second-order valence-corrected chi connectivity index (χ2v) is 6.83.